The molecule has 308 valence electrons. The van der Waals surface area contributed by atoms with Gasteiger partial charge in [0.2, 0.25) is 5.91 Å². The van der Waals surface area contributed by atoms with Crippen LogP contribution in [0.25, 0.3) is 27.7 Å². The van der Waals surface area contributed by atoms with Gasteiger partial charge in [0.1, 0.15) is 39.4 Å². The van der Waals surface area contributed by atoms with E-state index in [-0.39, 0.29) is 29.2 Å². The summed E-state index contributed by atoms with van der Waals surface area (Å²) < 4.78 is 38.2. The van der Waals surface area contributed by atoms with Gasteiger partial charge < -0.3 is 24.5 Å². The maximum atomic E-state index is 14.6. The van der Waals surface area contributed by atoms with Crippen LogP contribution in [0.5, 0.6) is 11.5 Å². The van der Waals surface area contributed by atoms with Gasteiger partial charge in [0.15, 0.2) is 0 Å². The van der Waals surface area contributed by atoms with E-state index in [0.29, 0.717) is 25.4 Å². The van der Waals surface area contributed by atoms with Crippen molar-refractivity contribution in [3.05, 3.63) is 149 Å². The molecular formula is C40H30FN3O12S4. The van der Waals surface area contributed by atoms with Gasteiger partial charge in [0.05, 0.1) is 12.8 Å². The lowest BCUT2D eigenvalue weighted by molar-refractivity contribution is -0.789. The molecule has 0 aliphatic heterocycles. The first-order valence-electron chi connectivity index (χ1n) is 17.4. The highest BCUT2D eigenvalue weighted by molar-refractivity contribution is 7.84. The molecule has 1 aliphatic rings. The van der Waals surface area contributed by atoms with E-state index in [9.17, 15) is 43.2 Å². The first-order chi connectivity index (χ1) is 28.6. The summed E-state index contributed by atoms with van der Waals surface area (Å²) in [4.78, 5) is 71.9. The molecule has 4 aromatic carbocycles. The van der Waals surface area contributed by atoms with Crippen molar-refractivity contribution in [2.75, 3.05) is 18.2 Å². The molecule has 1 aromatic heterocycles. The van der Waals surface area contributed by atoms with Gasteiger partial charge in [0, 0.05) is 32.5 Å². The van der Waals surface area contributed by atoms with Crippen LogP contribution in [0.2, 0.25) is 0 Å². The number of carbonyl (C=O) groups is 3. The van der Waals surface area contributed by atoms with Gasteiger partial charge in [-0.1, -0.05) is 51.1 Å². The number of allylic oxidation sites excluding steroid dienone is 2. The number of carbonyl (C=O) groups excluding carboxylic acids is 3. The molecular weight excluding hydrogens is 862 g/mol. The highest BCUT2D eigenvalue weighted by Gasteiger charge is 2.27. The van der Waals surface area contributed by atoms with Gasteiger partial charge in [-0.05, 0) is 125 Å². The van der Waals surface area contributed by atoms with E-state index < -0.39 is 63.8 Å². The number of nitrogens with zero attached hydrogens (tertiary/aromatic N) is 2. The number of halogens is 1. The summed E-state index contributed by atoms with van der Waals surface area (Å²) in [6, 6.07) is 23.5. The summed E-state index contributed by atoms with van der Waals surface area (Å²) in [7, 11) is 1.76. The summed E-state index contributed by atoms with van der Waals surface area (Å²) in [5, 5.41) is 21.8. The summed E-state index contributed by atoms with van der Waals surface area (Å²) >= 11 is 5.21. The number of esters is 2. The molecule has 0 bridgehead atoms. The Bertz CT molecular complexity index is 2660. The second-order valence-electron chi connectivity index (χ2n) is 12.9. The van der Waals surface area contributed by atoms with E-state index >= 15 is 0 Å². The lowest BCUT2D eigenvalue weighted by atomic mass is 10.0. The Balaban J connectivity index is 1.26. The van der Waals surface area contributed by atoms with E-state index in [4.69, 9.17) is 21.7 Å². The third-order valence-electron chi connectivity index (χ3n) is 8.83. The number of benzene rings is 4. The van der Waals surface area contributed by atoms with Crippen molar-refractivity contribution in [1.29, 1.82) is 0 Å². The van der Waals surface area contributed by atoms with Crippen molar-refractivity contribution in [2.24, 2.45) is 0 Å². The minimum absolute atomic E-state index is 0.0783. The van der Waals surface area contributed by atoms with Crippen molar-refractivity contribution in [1.82, 2.24) is 0 Å². The van der Waals surface area contributed by atoms with Crippen LogP contribution in [-0.2, 0) is 30.1 Å². The average molecular weight is 892 g/mol. The smallest absolute Gasteiger partial charge is 0.347 e. The van der Waals surface area contributed by atoms with Gasteiger partial charge >= 0.3 is 11.9 Å². The van der Waals surface area contributed by atoms with Crippen LogP contribution in [0.3, 0.4) is 0 Å². The van der Waals surface area contributed by atoms with Crippen LogP contribution in [0, 0.1) is 29.9 Å². The molecule has 20 heteroatoms. The van der Waals surface area contributed by atoms with E-state index in [1.807, 2.05) is 31.2 Å². The number of hydrogen-bond donors (Lipinski definition) is 1. The van der Waals surface area contributed by atoms with Crippen molar-refractivity contribution in [3.8, 4) is 21.9 Å². The first kappa shape index (κ1) is 43.1. The Kier molecular flexibility index (Phi) is 13.7. The molecule has 15 nitrogen and oxygen atoms in total. The molecule has 2 unspecified atom stereocenters. The van der Waals surface area contributed by atoms with E-state index in [1.54, 1.807) is 36.6 Å². The normalized spacial score (nSPS) is 13.6. The molecule has 6 rings (SSSR count). The van der Waals surface area contributed by atoms with Gasteiger partial charge in [-0.25, -0.2) is 9.18 Å². The Morgan fingerprint density at radius 3 is 2.30 bits per heavy atom. The monoisotopic (exact) mass is 891 g/mol. The summed E-state index contributed by atoms with van der Waals surface area (Å²) in [5.41, 5.74) is 4.62. The van der Waals surface area contributed by atoms with Crippen LogP contribution in [0.15, 0.2) is 101 Å². The molecule has 1 aliphatic carbocycles. The van der Waals surface area contributed by atoms with E-state index in [0.717, 1.165) is 27.2 Å². The molecule has 0 spiro atoms. The van der Waals surface area contributed by atoms with Gasteiger partial charge in [0.25, 0.3) is 10.2 Å². The van der Waals surface area contributed by atoms with Crippen molar-refractivity contribution >= 4 is 84.5 Å². The quantitative estimate of drug-likeness (QED) is 0.0246. The number of anilines is 1. The largest absolute Gasteiger partial charge is 0.426 e. The SMILES string of the molecule is CC1=C(CC(=O)Nc2ccc(OC(=O)CC(CO[N+](=O)[O-])O[N+](=O)[O-])c(C(=O)Oc3ccc(-c4cc(=S)ss4)cc3)c2)c2cc(F)ccc2C1=Cc1ccc(S(C)=O)cc1. The van der Waals surface area contributed by atoms with E-state index in [2.05, 4.69) is 15.0 Å². The third kappa shape index (κ3) is 11.0. The predicted molar refractivity (Wildman–Crippen MR) is 224 cm³/mol. The summed E-state index contributed by atoms with van der Waals surface area (Å²) in [6.07, 6.45) is 0.638. The average Bonchev–Trinajstić information content (AvgIpc) is 3.74. The molecule has 0 saturated carbocycles. The highest BCUT2D eigenvalue weighted by atomic mass is 32.9. The maximum Gasteiger partial charge on any atom is 0.347 e. The maximum absolute atomic E-state index is 14.6. The molecule has 1 amide bonds. The third-order valence-corrected chi connectivity index (χ3v) is 12.7. The van der Waals surface area contributed by atoms with Crippen molar-refractivity contribution in [2.45, 2.75) is 30.8 Å². The highest BCUT2D eigenvalue weighted by Crippen LogP contribution is 2.44. The Morgan fingerprint density at radius 2 is 1.65 bits per heavy atom. The Morgan fingerprint density at radius 1 is 0.917 bits per heavy atom. The second-order valence-corrected chi connectivity index (χ2v) is 17.2. The van der Waals surface area contributed by atoms with Crippen molar-refractivity contribution in [3.63, 3.8) is 0 Å². The summed E-state index contributed by atoms with van der Waals surface area (Å²) in [5.74, 6) is -3.51. The molecule has 5 aromatic rings. The Labute approximate surface area is 354 Å². The fourth-order valence-corrected chi connectivity index (χ4v) is 9.01. The summed E-state index contributed by atoms with van der Waals surface area (Å²) in [6.45, 7) is 0.839. The number of ether oxygens (including phenoxy) is 2. The van der Waals surface area contributed by atoms with Crippen LogP contribution >= 0.6 is 32.9 Å². The van der Waals surface area contributed by atoms with Gasteiger partial charge in [-0.2, -0.15) is 0 Å². The number of hydrogen-bond acceptors (Lipinski definition) is 15. The van der Waals surface area contributed by atoms with Crippen LogP contribution in [-0.4, -0.2) is 51.2 Å². The van der Waals surface area contributed by atoms with Gasteiger partial charge in [-0.15, -0.1) is 20.2 Å². The number of amides is 1. The zero-order valence-corrected chi connectivity index (χ0v) is 34.5. The van der Waals surface area contributed by atoms with Crippen molar-refractivity contribution < 1.29 is 52.3 Å². The number of fused-ring (bicyclic) bond motifs is 1. The lowest BCUT2D eigenvalue weighted by Crippen LogP contribution is -2.29. The molecule has 1 heterocycles. The topological polar surface area (TPSA) is 204 Å². The minimum atomic E-state index is -1.73. The zero-order valence-electron chi connectivity index (χ0n) is 31.2. The van der Waals surface area contributed by atoms with Crippen LogP contribution < -0.4 is 14.8 Å². The molecule has 2 atom stereocenters. The van der Waals surface area contributed by atoms with E-state index in [1.165, 1.54) is 63.1 Å². The molecule has 1 N–H and O–H groups in total. The van der Waals surface area contributed by atoms with Crippen LogP contribution in [0.1, 0.15) is 46.8 Å². The standard InChI is InChI=1S/C40H30FN3O12S4/c1-22-31(15-23-3-11-29(12-4-23)60(2)52)30-13-7-25(41)16-33(30)32(22)19-37(45)42-26-8-14-35(55-38(46)18-28(56-44(50)51)21-53-43(48)49)34(17-26)40(47)54-27-9-5-24(6-10-27)36-20-39(57)59-58-36/h3-17,20,28H,18-19,21H2,1-2H3,(H,42,45). The Hall–Kier alpha value is -6.48. The fraction of sp³-hybridized carbons (Fsp3) is 0.150. The number of rotatable bonds is 16. The molecule has 0 radical (unpaired) electrons. The molecule has 60 heavy (non-hydrogen) atoms. The zero-order chi connectivity index (χ0) is 43.1. The number of nitrogens with one attached hydrogen (secondary N) is 1. The first-order valence-corrected chi connectivity index (χ1v) is 21.6. The predicted octanol–water partition coefficient (Wildman–Crippen LogP) is 8.74. The molecule has 0 saturated heterocycles. The lowest BCUT2D eigenvalue weighted by Gasteiger charge is -2.15. The molecule has 0 fully saturated rings. The van der Waals surface area contributed by atoms with Crippen LogP contribution in [0.4, 0.5) is 10.1 Å². The second kappa shape index (κ2) is 19.1. The fourth-order valence-electron chi connectivity index (χ4n) is 6.09. The van der Waals surface area contributed by atoms with Gasteiger partial charge in [-0.3, -0.25) is 13.8 Å². The minimum Gasteiger partial charge on any atom is -0.426 e.